The number of hydrogen-bond acceptors (Lipinski definition) is 3. The van der Waals surface area contributed by atoms with Gasteiger partial charge in [0, 0.05) is 23.0 Å². The quantitative estimate of drug-likeness (QED) is 0.930. The fourth-order valence-electron chi connectivity index (χ4n) is 3.65. The molecule has 0 spiro atoms. The van der Waals surface area contributed by atoms with E-state index in [9.17, 15) is 4.79 Å². The van der Waals surface area contributed by atoms with Crippen molar-refractivity contribution in [2.75, 3.05) is 26.2 Å². The van der Waals surface area contributed by atoms with Crippen LogP contribution in [0.4, 0.5) is 0 Å². The van der Waals surface area contributed by atoms with E-state index in [0.717, 1.165) is 24.8 Å². The molecule has 3 rings (SSSR count). The van der Waals surface area contributed by atoms with Crippen LogP contribution in [0.5, 0.6) is 0 Å². The number of carbonyl (C=O) groups excluding carboxylic acids is 1. The van der Waals surface area contributed by atoms with Crippen LogP contribution in [0.2, 0.25) is 5.02 Å². The molecule has 5 heteroatoms. The van der Waals surface area contributed by atoms with Gasteiger partial charge in [0.05, 0.1) is 13.2 Å². The van der Waals surface area contributed by atoms with Crippen LogP contribution in [0.25, 0.3) is 0 Å². The smallest absolute Gasteiger partial charge is 0.226 e. The molecule has 2 N–H and O–H groups in total. The first-order chi connectivity index (χ1) is 10.7. The number of hydrogen-bond donors (Lipinski definition) is 1. The maximum Gasteiger partial charge on any atom is 0.226 e. The average molecular weight is 323 g/mol. The molecule has 1 heterocycles. The van der Waals surface area contributed by atoms with Crippen LogP contribution < -0.4 is 5.73 Å². The van der Waals surface area contributed by atoms with Crippen molar-refractivity contribution in [3.8, 4) is 0 Å². The Morgan fingerprint density at radius 1 is 1.36 bits per heavy atom. The van der Waals surface area contributed by atoms with Crippen LogP contribution in [0.1, 0.15) is 30.9 Å². The van der Waals surface area contributed by atoms with Gasteiger partial charge in [-0.25, -0.2) is 0 Å². The molecule has 2 aliphatic rings. The van der Waals surface area contributed by atoms with Gasteiger partial charge in [0.2, 0.25) is 5.91 Å². The fourth-order valence-corrected chi connectivity index (χ4v) is 3.91. The minimum Gasteiger partial charge on any atom is -0.370 e. The predicted molar refractivity (Wildman–Crippen MR) is 86.6 cm³/mol. The molecule has 1 aliphatic heterocycles. The molecule has 1 unspecified atom stereocenters. The highest BCUT2D eigenvalue weighted by atomic mass is 35.5. The monoisotopic (exact) mass is 322 g/mol. The third-order valence-electron chi connectivity index (χ3n) is 4.91. The average Bonchev–Trinajstić information content (AvgIpc) is 3.03. The van der Waals surface area contributed by atoms with E-state index in [4.69, 9.17) is 22.1 Å². The lowest BCUT2D eigenvalue weighted by Crippen LogP contribution is -2.46. The molecule has 0 aromatic heterocycles. The number of rotatable bonds is 3. The van der Waals surface area contributed by atoms with Crippen molar-refractivity contribution < 1.29 is 9.53 Å². The number of morpholine rings is 1. The molecule has 4 nitrogen and oxygen atoms in total. The molecule has 1 saturated heterocycles. The van der Waals surface area contributed by atoms with Crippen molar-refractivity contribution in [2.24, 2.45) is 17.6 Å². The molecule has 1 saturated carbocycles. The van der Waals surface area contributed by atoms with E-state index < -0.39 is 0 Å². The van der Waals surface area contributed by atoms with Crippen molar-refractivity contribution in [1.29, 1.82) is 0 Å². The molecule has 2 fully saturated rings. The summed E-state index contributed by atoms with van der Waals surface area (Å²) in [4.78, 5) is 14.8. The summed E-state index contributed by atoms with van der Waals surface area (Å²) in [5, 5.41) is 0.697. The standard InChI is InChI=1S/C17H23ClN2O2/c18-15-7-2-1-5-14(15)16-11-20(8-9-22-16)17(21)13-6-3-4-12(13)10-19/h1-2,5,7,12-13,16H,3-4,6,8-11,19H2/t12-,13-,16?/m1/s1. The second-order valence-electron chi connectivity index (χ2n) is 6.20. The van der Waals surface area contributed by atoms with E-state index in [-0.39, 0.29) is 17.9 Å². The van der Waals surface area contributed by atoms with Crippen molar-refractivity contribution in [3.05, 3.63) is 34.9 Å². The molecule has 1 aliphatic carbocycles. The van der Waals surface area contributed by atoms with Gasteiger partial charge < -0.3 is 15.4 Å². The van der Waals surface area contributed by atoms with Gasteiger partial charge in [-0.05, 0) is 31.4 Å². The van der Waals surface area contributed by atoms with Gasteiger partial charge >= 0.3 is 0 Å². The first kappa shape index (κ1) is 15.8. The maximum absolute atomic E-state index is 12.8. The highest BCUT2D eigenvalue weighted by Crippen LogP contribution is 2.34. The van der Waals surface area contributed by atoms with Crippen LogP contribution in [-0.2, 0) is 9.53 Å². The summed E-state index contributed by atoms with van der Waals surface area (Å²) >= 11 is 6.26. The molecule has 0 bridgehead atoms. The van der Waals surface area contributed by atoms with E-state index >= 15 is 0 Å². The predicted octanol–water partition coefficient (Wildman–Crippen LogP) is 2.61. The van der Waals surface area contributed by atoms with Gasteiger partial charge in [0.1, 0.15) is 6.10 Å². The third-order valence-corrected chi connectivity index (χ3v) is 5.25. The third kappa shape index (κ3) is 3.14. The summed E-state index contributed by atoms with van der Waals surface area (Å²) in [5.74, 6) is 0.678. The largest absolute Gasteiger partial charge is 0.370 e. The molecule has 0 radical (unpaired) electrons. The molecule has 1 amide bonds. The summed E-state index contributed by atoms with van der Waals surface area (Å²) in [6, 6.07) is 7.69. The lowest BCUT2D eigenvalue weighted by atomic mass is 9.94. The number of benzene rings is 1. The number of amides is 1. The van der Waals surface area contributed by atoms with Gasteiger partial charge in [-0.1, -0.05) is 36.2 Å². The Morgan fingerprint density at radius 3 is 2.95 bits per heavy atom. The maximum atomic E-state index is 12.8. The van der Waals surface area contributed by atoms with Crippen LogP contribution >= 0.6 is 11.6 Å². The van der Waals surface area contributed by atoms with Crippen molar-refractivity contribution in [1.82, 2.24) is 4.90 Å². The number of carbonyl (C=O) groups is 1. The van der Waals surface area contributed by atoms with Gasteiger partial charge in [0.25, 0.3) is 0 Å². The Hall–Kier alpha value is -1.10. The van der Waals surface area contributed by atoms with E-state index in [2.05, 4.69) is 0 Å². The summed E-state index contributed by atoms with van der Waals surface area (Å²) < 4.78 is 5.84. The van der Waals surface area contributed by atoms with E-state index in [1.54, 1.807) is 0 Å². The van der Waals surface area contributed by atoms with Crippen molar-refractivity contribution >= 4 is 17.5 Å². The van der Waals surface area contributed by atoms with Crippen LogP contribution in [0.15, 0.2) is 24.3 Å². The van der Waals surface area contributed by atoms with Crippen molar-refractivity contribution in [2.45, 2.75) is 25.4 Å². The molecule has 22 heavy (non-hydrogen) atoms. The number of nitrogens with two attached hydrogens (primary N) is 1. The van der Waals surface area contributed by atoms with Gasteiger partial charge in [-0.15, -0.1) is 0 Å². The number of halogens is 1. The zero-order valence-corrected chi connectivity index (χ0v) is 13.5. The zero-order chi connectivity index (χ0) is 15.5. The van der Waals surface area contributed by atoms with Gasteiger partial charge in [-0.3, -0.25) is 4.79 Å². The summed E-state index contributed by atoms with van der Waals surface area (Å²) in [6.45, 7) is 2.40. The topological polar surface area (TPSA) is 55.6 Å². The fraction of sp³-hybridized carbons (Fsp3) is 0.588. The lowest BCUT2D eigenvalue weighted by molar-refractivity contribution is -0.144. The molecule has 120 valence electrons. The Balaban J connectivity index is 1.70. The van der Waals surface area contributed by atoms with E-state index in [1.165, 1.54) is 0 Å². The second-order valence-corrected chi connectivity index (χ2v) is 6.61. The Kier molecular flexibility index (Phi) is 5.01. The number of ether oxygens (including phenoxy) is 1. The summed E-state index contributed by atoms with van der Waals surface area (Å²) in [7, 11) is 0. The molecular weight excluding hydrogens is 300 g/mol. The number of nitrogens with zero attached hydrogens (tertiary/aromatic N) is 1. The first-order valence-corrected chi connectivity index (χ1v) is 8.43. The van der Waals surface area contributed by atoms with Crippen LogP contribution in [0, 0.1) is 11.8 Å². The van der Waals surface area contributed by atoms with Crippen molar-refractivity contribution in [3.63, 3.8) is 0 Å². The minimum atomic E-state index is -0.135. The first-order valence-electron chi connectivity index (χ1n) is 8.05. The molecular formula is C17H23ClN2O2. The highest BCUT2D eigenvalue weighted by Gasteiger charge is 2.36. The zero-order valence-electron chi connectivity index (χ0n) is 12.7. The van der Waals surface area contributed by atoms with Crippen LogP contribution in [-0.4, -0.2) is 37.0 Å². The Bertz CT molecular complexity index is 537. The summed E-state index contributed by atoms with van der Waals surface area (Å²) in [5.41, 5.74) is 6.78. The minimum absolute atomic E-state index is 0.0926. The lowest BCUT2D eigenvalue weighted by Gasteiger charge is -2.36. The van der Waals surface area contributed by atoms with E-state index in [0.29, 0.717) is 37.2 Å². The van der Waals surface area contributed by atoms with Crippen LogP contribution in [0.3, 0.4) is 0 Å². The Labute approximate surface area is 136 Å². The van der Waals surface area contributed by atoms with Gasteiger partial charge in [-0.2, -0.15) is 0 Å². The normalized spacial score (nSPS) is 28.8. The molecule has 1 aromatic rings. The molecule has 1 aromatic carbocycles. The van der Waals surface area contributed by atoms with Gasteiger partial charge in [0.15, 0.2) is 0 Å². The summed E-state index contributed by atoms with van der Waals surface area (Å²) in [6.07, 6.45) is 3.01. The highest BCUT2D eigenvalue weighted by molar-refractivity contribution is 6.31. The SMILES string of the molecule is NC[C@H]1CCC[C@H]1C(=O)N1CCOC(c2ccccc2Cl)C1. The second kappa shape index (κ2) is 6.99. The molecule has 3 atom stereocenters. The Morgan fingerprint density at radius 2 is 2.18 bits per heavy atom. The van der Waals surface area contributed by atoms with E-state index in [1.807, 2.05) is 29.2 Å².